The van der Waals surface area contributed by atoms with Gasteiger partial charge in [0, 0.05) is 12.8 Å². The van der Waals surface area contributed by atoms with Gasteiger partial charge in [-0.1, -0.05) is 136 Å². The quantitative estimate of drug-likeness (QED) is 0.0745. The number of rotatable bonds is 26. The zero-order chi connectivity index (χ0) is 23.5. The summed E-state index contributed by atoms with van der Waals surface area (Å²) >= 11 is 0. The Morgan fingerprint density at radius 3 is 1.38 bits per heavy atom. The summed E-state index contributed by atoms with van der Waals surface area (Å²) in [5, 5.41) is 0. The lowest BCUT2D eigenvalue weighted by Crippen LogP contribution is -2.18. The van der Waals surface area contributed by atoms with Gasteiger partial charge in [-0.2, -0.15) is 0 Å². The van der Waals surface area contributed by atoms with Gasteiger partial charge in [0.25, 0.3) is 0 Å². The molecular weight excluding hydrogens is 396 g/mol. The second-order valence-electron chi connectivity index (χ2n) is 9.77. The highest BCUT2D eigenvalue weighted by atomic mass is 16.5. The highest BCUT2D eigenvalue weighted by Gasteiger charge is 2.13. The topological polar surface area (TPSA) is 43.4 Å². The van der Waals surface area contributed by atoms with E-state index in [0.717, 1.165) is 32.0 Å². The molecule has 1 unspecified atom stereocenters. The molecule has 0 radical (unpaired) electrons. The van der Waals surface area contributed by atoms with Gasteiger partial charge in [-0.3, -0.25) is 4.79 Å². The number of unbranched alkanes of at least 4 members (excludes halogenated alkanes) is 19. The largest absolute Gasteiger partial charge is 0.462 e. The molecule has 0 heterocycles. The van der Waals surface area contributed by atoms with Crippen molar-refractivity contribution in [3.8, 4) is 0 Å². The number of hydrogen-bond donors (Lipinski definition) is 0. The predicted molar refractivity (Wildman–Crippen MR) is 138 cm³/mol. The number of carbonyl (C=O) groups excluding carboxylic acids is 2. The van der Waals surface area contributed by atoms with Crippen molar-refractivity contribution in [1.29, 1.82) is 0 Å². The molecule has 0 aliphatic rings. The number of aldehydes is 1. The Labute approximate surface area is 200 Å². The lowest BCUT2D eigenvalue weighted by Gasteiger charge is -2.15. The molecule has 0 rings (SSSR count). The van der Waals surface area contributed by atoms with E-state index in [1.165, 1.54) is 116 Å². The third-order valence-corrected chi connectivity index (χ3v) is 6.52. The van der Waals surface area contributed by atoms with E-state index in [-0.39, 0.29) is 12.1 Å². The van der Waals surface area contributed by atoms with Crippen LogP contribution >= 0.6 is 0 Å². The minimum Gasteiger partial charge on any atom is -0.462 e. The van der Waals surface area contributed by atoms with E-state index in [1.54, 1.807) is 0 Å². The zero-order valence-corrected chi connectivity index (χ0v) is 21.9. The van der Waals surface area contributed by atoms with Crippen LogP contribution in [0.2, 0.25) is 0 Å². The first-order valence-corrected chi connectivity index (χ1v) is 14.4. The number of hydrogen-bond acceptors (Lipinski definition) is 3. The van der Waals surface area contributed by atoms with Gasteiger partial charge in [-0.15, -0.1) is 0 Å². The van der Waals surface area contributed by atoms with E-state index in [9.17, 15) is 9.59 Å². The molecule has 3 heteroatoms. The molecule has 0 spiro atoms. The smallest absolute Gasteiger partial charge is 0.306 e. The molecule has 0 aromatic rings. The first kappa shape index (κ1) is 31.1. The summed E-state index contributed by atoms with van der Waals surface area (Å²) in [6.07, 6.45) is 29.4. The van der Waals surface area contributed by atoms with Gasteiger partial charge >= 0.3 is 5.97 Å². The van der Waals surface area contributed by atoms with Crippen molar-refractivity contribution in [2.24, 2.45) is 0 Å². The zero-order valence-electron chi connectivity index (χ0n) is 21.9. The third-order valence-electron chi connectivity index (χ3n) is 6.52. The van der Waals surface area contributed by atoms with Gasteiger partial charge < -0.3 is 9.53 Å². The van der Waals surface area contributed by atoms with Gasteiger partial charge in [0.2, 0.25) is 0 Å². The Bertz CT molecular complexity index is 394. The van der Waals surface area contributed by atoms with Gasteiger partial charge in [0.1, 0.15) is 12.4 Å². The Balaban J connectivity index is 3.58. The van der Waals surface area contributed by atoms with E-state index in [4.69, 9.17) is 4.74 Å². The normalized spacial score (nSPS) is 12.1. The van der Waals surface area contributed by atoms with Crippen LogP contribution in [-0.4, -0.2) is 18.4 Å². The van der Waals surface area contributed by atoms with Crippen LogP contribution in [0.4, 0.5) is 0 Å². The molecule has 1 atom stereocenters. The van der Waals surface area contributed by atoms with Crippen molar-refractivity contribution in [1.82, 2.24) is 0 Å². The summed E-state index contributed by atoms with van der Waals surface area (Å²) in [5.74, 6) is -0.112. The summed E-state index contributed by atoms with van der Waals surface area (Å²) in [5.41, 5.74) is 0. The van der Waals surface area contributed by atoms with E-state index in [0.29, 0.717) is 12.8 Å². The standard InChI is InChI=1S/C29H56O3/c1-3-5-7-9-11-13-15-16-18-20-22-24-28(26-27-30)32-29(31)25-23-21-19-17-14-12-10-8-6-4-2/h27-28H,3-26H2,1-2H3. The Morgan fingerprint density at radius 1 is 0.594 bits per heavy atom. The second-order valence-corrected chi connectivity index (χ2v) is 9.77. The van der Waals surface area contributed by atoms with Crippen LogP contribution in [0.15, 0.2) is 0 Å². The molecule has 190 valence electrons. The highest BCUT2D eigenvalue weighted by Crippen LogP contribution is 2.16. The van der Waals surface area contributed by atoms with Gasteiger partial charge in [0.15, 0.2) is 0 Å². The Hall–Kier alpha value is -0.860. The molecule has 0 aromatic carbocycles. The van der Waals surface area contributed by atoms with Crippen LogP contribution in [0.25, 0.3) is 0 Å². The summed E-state index contributed by atoms with van der Waals surface area (Å²) in [7, 11) is 0. The van der Waals surface area contributed by atoms with Crippen LogP contribution in [0, 0.1) is 0 Å². The average molecular weight is 453 g/mol. The monoisotopic (exact) mass is 452 g/mol. The summed E-state index contributed by atoms with van der Waals surface area (Å²) < 4.78 is 5.60. The fourth-order valence-corrected chi connectivity index (χ4v) is 4.37. The van der Waals surface area contributed by atoms with Crippen molar-refractivity contribution >= 4 is 12.3 Å². The molecule has 0 saturated heterocycles. The molecule has 0 saturated carbocycles. The second kappa shape index (κ2) is 26.4. The molecule has 0 aliphatic heterocycles. The molecule has 0 bridgehead atoms. The number of carbonyl (C=O) groups is 2. The van der Waals surface area contributed by atoms with Gasteiger partial charge in [-0.25, -0.2) is 0 Å². The van der Waals surface area contributed by atoms with Gasteiger partial charge in [-0.05, 0) is 19.3 Å². The predicted octanol–water partition coefficient (Wildman–Crippen LogP) is 9.50. The molecule has 32 heavy (non-hydrogen) atoms. The van der Waals surface area contributed by atoms with Crippen LogP contribution in [0.5, 0.6) is 0 Å². The van der Waals surface area contributed by atoms with Gasteiger partial charge in [0.05, 0.1) is 0 Å². The van der Waals surface area contributed by atoms with Crippen LogP contribution < -0.4 is 0 Å². The average Bonchev–Trinajstić information content (AvgIpc) is 2.78. The first-order chi connectivity index (χ1) is 15.7. The lowest BCUT2D eigenvalue weighted by atomic mass is 10.0. The number of ether oxygens (including phenoxy) is 1. The van der Waals surface area contributed by atoms with Crippen molar-refractivity contribution in [2.75, 3.05) is 0 Å². The summed E-state index contributed by atoms with van der Waals surface area (Å²) in [6.45, 7) is 4.52. The molecule has 0 amide bonds. The molecule has 0 aromatic heterocycles. The summed E-state index contributed by atoms with van der Waals surface area (Å²) in [4.78, 5) is 23.1. The molecule has 0 fully saturated rings. The fraction of sp³-hybridized carbons (Fsp3) is 0.931. The maximum atomic E-state index is 12.1. The van der Waals surface area contributed by atoms with E-state index < -0.39 is 0 Å². The highest BCUT2D eigenvalue weighted by molar-refractivity contribution is 5.69. The maximum Gasteiger partial charge on any atom is 0.306 e. The molecule has 0 N–H and O–H groups in total. The van der Waals surface area contributed by atoms with Crippen molar-refractivity contribution in [2.45, 2.75) is 174 Å². The summed E-state index contributed by atoms with van der Waals surface area (Å²) in [6, 6.07) is 0. The van der Waals surface area contributed by atoms with E-state index in [2.05, 4.69) is 13.8 Å². The van der Waals surface area contributed by atoms with E-state index >= 15 is 0 Å². The minimum absolute atomic E-state index is 0.112. The van der Waals surface area contributed by atoms with Crippen molar-refractivity contribution < 1.29 is 14.3 Å². The van der Waals surface area contributed by atoms with Crippen LogP contribution in [0.3, 0.4) is 0 Å². The Kier molecular flexibility index (Phi) is 25.7. The first-order valence-electron chi connectivity index (χ1n) is 14.4. The van der Waals surface area contributed by atoms with Crippen LogP contribution in [0.1, 0.15) is 168 Å². The fourth-order valence-electron chi connectivity index (χ4n) is 4.37. The minimum atomic E-state index is -0.207. The van der Waals surface area contributed by atoms with E-state index in [1.807, 2.05) is 0 Å². The van der Waals surface area contributed by atoms with Crippen LogP contribution in [-0.2, 0) is 14.3 Å². The Morgan fingerprint density at radius 2 is 0.969 bits per heavy atom. The maximum absolute atomic E-state index is 12.1. The van der Waals surface area contributed by atoms with Crippen molar-refractivity contribution in [3.05, 3.63) is 0 Å². The molecule has 3 nitrogen and oxygen atoms in total. The molecular formula is C29H56O3. The molecule has 0 aliphatic carbocycles. The number of esters is 1. The third kappa shape index (κ3) is 23.8. The van der Waals surface area contributed by atoms with Crippen molar-refractivity contribution in [3.63, 3.8) is 0 Å². The lowest BCUT2D eigenvalue weighted by molar-refractivity contribution is -0.150. The SMILES string of the molecule is CCCCCCCCCCCCCC(CC=O)OC(=O)CCCCCCCCCCCC.